The molecular formula is C16H23N3O. The average Bonchev–Trinajstić information content (AvgIpc) is 2.52. The van der Waals surface area contributed by atoms with Gasteiger partial charge in [0, 0.05) is 31.7 Å². The molecule has 0 radical (unpaired) electrons. The number of rotatable bonds is 7. The van der Waals surface area contributed by atoms with Gasteiger partial charge in [-0.15, -0.1) is 0 Å². The Morgan fingerprint density at radius 2 is 2.00 bits per heavy atom. The van der Waals surface area contributed by atoms with E-state index in [4.69, 9.17) is 10.00 Å². The smallest absolute Gasteiger partial charge is 0.0642 e. The van der Waals surface area contributed by atoms with Crippen LogP contribution >= 0.6 is 0 Å². The summed E-state index contributed by atoms with van der Waals surface area (Å²) in [5, 5.41) is 12.0. The van der Waals surface area contributed by atoms with E-state index in [9.17, 15) is 0 Å². The standard InChI is InChI=1S/C16H23N3O/c17-8-4-1-5-9-18-14-15-6-2-3-7-16(15)19-10-12-20-13-11-19/h2-3,6-7,18H,1,4-5,9-14H2. The minimum atomic E-state index is 0.659. The van der Waals surface area contributed by atoms with Crippen molar-refractivity contribution in [2.45, 2.75) is 25.8 Å². The first-order chi connectivity index (χ1) is 9.92. The topological polar surface area (TPSA) is 48.3 Å². The average molecular weight is 273 g/mol. The molecule has 0 bridgehead atoms. The number of nitriles is 1. The molecule has 20 heavy (non-hydrogen) atoms. The van der Waals surface area contributed by atoms with Gasteiger partial charge in [0.15, 0.2) is 0 Å². The lowest BCUT2D eigenvalue weighted by molar-refractivity contribution is 0.122. The number of ether oxygens (including phenoxy) is 1. The monoisotopic (exact) mass is 273 g/mol. The van der Waals surface area contributed by atoms with E-state index in [-0.39, 0.29) is 0 Å². The summed E-state index contributed by atoms with van der Waals surface area (Å²) in [6.45, 7) is 5.43. The predicted octanol–water partition coefficient (Wildman–Crippen LogP) is 2.31. The second-order valence-electron chi connectivity index (χ2n) is 5.02. The molecule has 1 fully saturated rings. The summed E-state index contributed by atoms with van der Waals surface area (Å²) in [6, 6.07) is 10.8. The molecule has 1 aromatic rings. The molecule has 1 aromatic carbocycles. The lowest BCUT2D eigenvalue weighted by atomic mass is 10.1. The van der Waals surface area contributed by atoms with Crippen molar-refractivity contribution in [1.82, 2.24) is 5.32 Å². The Hall–Kier alpha value is -1.57. The SMILES string of the molecule is N#CCCCCNCc1ccccc1N1CCOCC1. The molecule has 108 valence electrons. The van der Waals surface area contributed by atoms with Crippen LogP contribution in [0, 0.1) is 11.3 Å². The zero-order valence-electron chi connectivity index (χ0n) is 12.0. The Labute approximate surface area is 121 Å². The van der Waals surface area contributed by atoms with Crippen molar-refractivity contribution in [3.8, 4) is 6.07 Å². The molecule has 0 amide bonds. The fourth-order valence-corrected chi connectivity index (χ4v) is 2.45. The van der Waals surface area contributed by atoms with Crippen molar-refractivity contribution in [3.05, 3.63) is 29.8 Å². The molecule has 0 spiro atoms. The second-order valence-corrected chi connectivity index (χ2v) is 5.02. The number of hydrogen-bond donors (Lipinski definition) is 1. The van der Waals surface area contributed by atoms with E-state index < -0.39 is 0 Å². The number of anilines is 1. The third-order valence-corrected chi connectivity index (χ3v) is 3.55. The molecule has 2 rings (SSSR count). The van der Waals surface area contributed by atoms with Gasteiger partial charge in [-0.25, -0.2) is 0 Å². The van der Waals surface area contributed by atoms with Gasteiger partial charge < -0.3 is 15.0 Å². The summed E-state index contributed by atoms with van der Waals surface area (Å²) >= 11 is 0. The number of nitrogens with one attached hydrogen (secondary N) is 1. The van der Waals surface area contributed by atoms with Crippen molar-refractivity contribution in [3.63, 3.8) is 0 Å². The summed E-state index contributed by atoms with van der Waals surface area (Å²) in [6.07, 6.45) is 2.70. The maximum absolute atomic E-state index is 8.50. The number of nitrogens with zero attached hydrogens (tertiary/aromatic N) is 2. The first-order valence-corrected chi connectivity index (χ1v) is 7.40. The Bertz CT molecular complexity index is 436. The van der Waals surface area contributed by atoms with Crippen LogP contribution in [0.2, 0.25) is 0 Å². The summed E-state index contributed by atoms with van der Waals surface area (Å²) in [5.41, 5.74) is 2.66. The van der Waals surface area contributed by atoms with Gasteiger partial charge in [0.05, 0.1) is 19.3 Å². The normalized spacial score (nSPS) is 15.1. The number of hydrogen-bond acceptors (Lipinski definition) is 4. The zero-order chi connectivity index (χ0) is 14.0. The molecule has 0 saturated carbocycles. The van der Waals surface area contributed by atoms with Crippen molar-refractivity contribution in [2.24, 2.45) is 0 Å². The minimum Gasteiger partial charge on any atom is -0.378 e. The largest absolute Gasteiger partial charge is 0.378 e. The lowest BCUT2D eigenvalue weighted by Crippen LogP contribution is -2.37. The van der Waals surface area contributed by atoms with E-state index in [2.05, 4.69) is 40.6 Å². The van der Waals surface area contributed by atoms with E-state index in [1.807, 2.05) is 0 Å². The highest BCUT2D eigenvalue weighted by Crippen LogP contribution is 2.21. The highest BCUT2D eigenvalue weighted by molar-refractivity contribution is 5.53. The number of para-hydroxylation sites is 1. The molecule has 1 aliphatic heterocycles. The van der Waals surface area contributed by atoms with Crippen LogP contribution in [0.15, 0.2) is 24.3 Å². The summed E-state index contributed by atoms with van der Waals surface area (Å²) in [5.74, 6) is 0. The van der Waals surface area contributed by atoms with Crippen LogP contribution in [0.3, 0.4) is 0 Å². The Kier molecular flexibility index (Phi) is 6.36. The van der Waals surface area contributed by atoms with Gasteiger partial charge in [-0.3, -0.25) is 0 Å². The summed E-state index contributed by atoms with van der Waals surface area (Å²) in [4.78, 5) is 2.40. The van der Waals surface area contributed by atoms with Gasteiger partial charge in [0.2, 0.25) is 0 Å². The van der Waals surface area contributed by atoms with E-state index in [0.29, 0.717) is 6.42 Å². The third-order valence-electron chi connectivity index (χ3n) is 3.55. The van der Waals surface area contributed by atoms with Gasteiger partial charge in [0.1, 0.15) is 0 Å². The van der Waals surface area contributed by atoms with Crippen LogP contribution in [0.5, 0.6) is 0 Å². The molecule has 1 saturated heterocycles. The van der Waals surface area contributed by atoms with Crippen molar-refractivity contribution >= 4 is 5.69 Å². The molecule has 0 aliphatic carbocycles. The number of unbranched alkanes of at least 4 members (excludes halogenated alkanes) is 2. The van der Waals surface area contributed by atoms with E-state index in [1.54, 1.807) is 0 Å². The van der Waals surface area contributed by atoms with Crippen LogP contribution in [0.25, 0.3) is 0 Å². The van der Waals surface area contributed by atoms with Gasteiger partial charge >= 0.3 is 0 Å². The molecular weight excluding hydrogens is 250 g/mol. The van der Waals surface area contributed by atoms with Crippen molar-refractivity contribution < 1.29 is 4.74 Å². The maximum atomic E-state index is 8.50. The Morgan fingerprint density at radius 3 is 2.80 bits per heavy atom. The first kappa shape index (κ1) is 14.8. The molecule has 0 atom stereocenters. The predicted molar refractivity (Wildman–Crippen MR) is 80.6 cm³/mol. The molecule has 0 unspecified atom stereocenters. The second kappa shape index (κ2) is 8.57. The minimum absolute atomic E-state index is 0.659. The van der Waals surface area contributed by atoms with Gasteiger partial charge in [0.25, 0.3) is 0 Å². The summed E-state index contributed by atoms with van der Waals surface area (Å²) in [7, 11) is 0. The molecule has 0 aromatic heterocycles. The number of benzene rings is 1. The van der Waals surface area contributed by atoms with Crippen molar-refractivity contribution in [2.75, 3.05) is 37.7 Å². The molecule has 4 nitrogen and oxygen atoms in total. The molecule has 1 heterocycles. The van der Waals surface area contributed by atoms with E-state index in [1.165, 1.54) is 11.3 Å². The fraction of sp³-hybridized carbons (Fsp3) is 0.562. The van der Waals surface area contributed by atoms with Crippen LogP contribution in [-0.2, 0) is 11.3 Å². The highest BCUT2D eigenvalue weighted by atomic mass is 16.5. The Morgan fingerprint density at radius 1 is 1.20 bits per heavy atom. The van der Waals surface area contributed by atoms with Crippen LogP contribution in [0.4, 0.5) is 5.69 Å². The van der Waals surface area contributed by atoms with E-state index >= 15 is 0 Å². The Balaban J connectivity index is 1.83. The molecule has 1 aliphatic rings. The van der Waals surface area contributed by atoms with E-state index in [0.717, 1.165) is 52.2 Å². The lowest BCUT2D eigenvalue weighted by Gasteiger charge is -2.30. The molecule has 4 heteroatoms. The zero-order valence-corrected chi connectivity index (χ0v) is 12.0. The fourth-order valence-electron chi connectivity index (χ4n) is 2.45. The summed E-state index contributed by atoms with van der Waals surface area (Å²) < 4.78 is 5.41. The van der Waals surface area contributed by atoms with Gasteiger partial charge in [-0.1, -0.05) is 18.2 Å². The van der Waals surface area contributed by atoms with Gasteiger partial charge in [-0.2, -0.15) is 5.26 Å². The third kappa shape index (κ3) is 4.52. The number of morpholine rings is 1. The quantitative estimate of drug-likeness (QED) is 0.774. The van der Waals surface area contributed by atoms with Crippen LogP contribution in [0.1, 0.15) is 24.8 Å². The first-order valence-electron chi connectivity index (χ1n) is 7.40. The van der Waals surface area contributed by atoms with Crippen LogP contribution < -0.4 is 10.2 Å². The van der Waals surface area contributed by atoms with Crippen LogP contribution in [-0.4, -0.2) is 32.8 Å². The molecule has 1 N–H and O–H groups in total. The van der Waals surface area contributed by atoms with Crippen molar-refractivity contribution in [1.29, 1.82) is 5.26 Å². The maximum Gasteiger partial charge on any atom is 0.0642 e. The highest BCUT2D eigenvalue weighted by Gasteiger charge is 2.13. The van der Waals surface area contributed by atoms with Gasteiger partial charge in [-0.05, 0) is 31.0 Å².